The smallest absolute Gasteiger partial charge is 0.230 e. The van der Waals surface area contributed by atoms with Gasteiger partial charge in [0.05, 0.1) is 11.3 Å². The summed E-state index contributed by atoms with van der Waals surface area (Å²) in [5.74, 6) is -0.401. The molecule has 24 heavy (non-hydrogen) atoms. The van der Waals surface area contributed by atoms with Crippen molar-refractivity contribution in [3.63, 3.8) is 0 Å². The number of fused-ring (bicyclic) bond motifs is 1. The number of thiol groups is 1. The lowest BCUT2D eigenvalue weighted by atomic mass is 10.2. The molecule has 0 radical (unpaired) electrons. The van der Waals surface area contributed by atoms with Crippen molar-refractivity contribution < 1.29 is 20.3 Å². The predicted octanol–water partition coefficient (Wildman–Crippen LogP) is 4.49. The summed E-state index contributed by atoms with van der Waals surface area (Å²) in [6.07, 6.45) is 3.33. The number of pyridine rings is 1. The third-order valence-corrected chi connectivity index (χ3v) is 4.47. The first-order valence-corrected chi connectivity index (χ1v) is 8.70. The maximum absolute atomic E-state index is 12.6. The van der Waals surface area contributed by atoms with Gasteiger partial charge in [0, 0.05) is 23.8 Å². The number of nitrogens with one attached hydrogen (secondary N) is 1. The summed E-state index contributed by atoms with van der Waals surface area (Å²) >= 11 is 0. The van der Waals surface area contributed by atoms with Gasteiger partial charge in [0.2, 0.25) is 5.91 Å². The molecule has 0 spiro atoms. The maximum atomic E-state index is 12.6. The highest BCUT2D eigenvalue weighted by Crippen LogP contribution is 2.81. The number of hydrogen-bond acceptors (Lipinski definition) is 2. The molecule has 2 aromatic heterocycles. The number of hydrogen-bond donors (Lipinski definition) is 2. The van der Waals surface area contributed by atoms with Gasteiger partial charge in [-0.05, 0) is 36.4 Å². The average molecular weight is 359 g/mol. The van der Waals surface area contributed by atoms with Gasteiger partial charge in [-0.15, -0.1) is 15.5 Å². The van der Waals surface area contributed by atoms with Crippen molar-refractivity contribution in [2.24, 2.45) is 0 Å². The van der Waals surface area contributed by atoms with Gasteiger partial charge in [-0.25, -0.2) is 4.98 Å². The quantitative estimate of drug-likeness (QED) is 0.533. The number of aromatic nitrogens is 2. The molecular formula is C15H13F4N3OS. The number of carbonyl (C=O) groups is 1. The molecule has 4 nitrogen and oxygen atoms in total. The number of halogens is 4. The highest BCUT2D eigenvalue weighted by atomic mass is 32.4. The number of nitrogens with zero attached hydrogens (tertiary/aromatic N) is 2. The Kier molecular flexibility index (Phi) is 3.75. The van der Waals surface area contributed by atoms with Gasteiger partial charge in [0.15, 0.2) is 10.7 Å². The van der Waals surface area contributed by atoms with E-state index in [-0.39, 0.29) is 12.1 Å². The second kappa shape index (κ2) is 5.52. The molecule has 0 aliphatic heterocycles. The van der Waals surface area contributed by atoms with E-state index in [1.807, 2.05) is 0 Å². The number of benzene rings is 1. The van der Waals surface area contributed by atoms with Crippen LogP contribution in [-0.4, -0.2) is 15.3 Å². The molecule has 0 bridgehead atoms. The second-order valence-electron chi connectivity index (χ2n) is 5.17. The summed E-state index contributed by atoms with van der Waals surface area (Å²) in [4.78, 5) is 14.9. The zero-order chi connectivity index (χ0) is 17.4. The van der Waals surface area contributed by atoms with Crippen molar-refractivity contribution >= 4 is 27.9 Å². The van der Waals surface area contributed by atoms with Crippen LogP contribution in [0.2, 0.25) is 0 Å². The second-order valence-corrected chi connectivity index (χ2v) is 7.12. The topological polar surface area (TPSA) is 46.4 Å². The lowest BCUT2D eigenvalue weighted by Crippen LogP contribution is -2.16. The minimum atomic E-state index is -7.77. The molecule has 0 atom stereocenters. The van der Waals surface area contributed by atoms with Crippen LogP contribution in [0.3, 0.4) is 0 Å². The van der Waals surface area contributed by atoms with Crippen LogP contribution < -0.4 is 5.32 Å². The standard InChI is InChI=1S/C15H13F4N3OS/c16-24(17,18,19)13-6-4-11(5-7-13)21-15(23)10-12-2-1-3-14-20-8-9-22(12)14/h1-9,24H,10H2,(H,21,23). The fourth-order valence-corrected chi connectivity index (χ4v) is 2.89. The largest absolute Gasteiger partial charge is 0.326 e. The summed E-state index contributed by atoms with van der Waals surface area (Å²) in [5.41, 5.74) is 1.54. The van der Waals surface area contributed by atoms with E-state index in [9.17, 15) is 20.3 Å². The monoisotopic (exact) mass is 359 g/mol. The predicted molar refractivity (Wildman–Crippen MR) is 85.7 cm³/mol. The van der Waals surface area contributed by atoms with Crippen LogP contribution in [0.1, 0.15) is 5.69 Å². The van der Waals surface area contributed by atoms with E-state index < -0.39 is 21.5 Å². The van der Waals surface area contributed by atoms with Gasteiger partial charge in [-0.3, -0.25) is 4.79 Å². The Bertz CT molecular complexity index is 893. The van der Waals surface area contributed by atoms with Gasteiger partial charge in [0.25, 0.3) is 0 Å². The van der Waals surface area contributed by atoms with Gasteiger partial charge >= 0.3 is 0 Å². The van der Waals surface area contributed by atoms with Crippen molar-refractivity contribution in [2.75, 3.05) is 5.32 Å². The first-order chi connectivity index (χ1) is 11.2. The molecule has 0 saturated heterocycles. The molecule has 3 rings (SSSR count). The van der Waals surface area contributed by atoms with Gasteiger partial charge in [0.1, 0.15) is 5.65 Å². The van der Waals surface area contributed by atoms with Crippen molar-refractivity contribution in [2.45, 2.75) is 11.3 Å². The third kappa shape index (κ3) is 3.51. The van der Waals surface area contributed by atoms with E-state index in [4.69, 9.17) is 0 Å². The van der Waals surface area contributed by atoms with Crippen molar-refractivity contribution in [3.05, 3.63) is 60.6 Å². The van der Waals surface area contributed by atoms with Crippen LogP contribution >= 0.6 is 10.7 Å². The molecule has 9 heteroatoms. The van der Waals surface area contributed by atoms with E-state index in [2.05, 4.69) is 10.3 Å². The molecule has 0 saturated carbocycles. The van der Waals surface area contributed by atoms with Crippen LogP contribution in [0, 0.1) is 0 Å². The van der Waals surface area contributed by atoms with Crippen LogP contribution in [0.5, 0.6) is 0 Å². The zero-order valence-electron chi connectivity index (χ0n) is 12.2. The Morgan fingerprint density at radius 2 is 1.79 bits per heavy atom. The van der Waals surface area contributed by atoms with Gasteiger partial charge in [-0.1, -0.05) is 6.07 Å². The first-order valence-electron chi connectivity index (χ1n) is 6.90. The summed E-state index contributed by atoms with van der Waals surface area (Å²) < 4.78 is 52.3. The highest BCUT2D eigenvalue weighted by Gasteiger charge is 2.39. The molecule has 0 fully saturated rings. The zero-order valence-corrected chi connectivity index (χ0v) is 13.1. The van der Waals surface area contributed by atoms with E-state index in [0.29, 0.717) is 23.5 Å². The van der Waals surface area contributed by atoms with E-state index in [1.165, 1.54) is 0 Å². The van der Waals surface area contributed by atoms with Crippen molar-refractivity contribution in [3.8, 4) is 0 Å². The Labute approximate surface area is 135 Å². The molecular weight excluding hydrogens is 346 g/mol. The molecule has 1 amide bonds. The Morgan fingerprint density at radius 1 is 1.08 bits per heavy atom. The third-order valence-electron chi connectivity index (χ3n) is 3.40. The molecule has 0 unspecified atom stereocenters. The number of rotatable bonds is 4. The van der Waals surface area contributed by atoms with Crippen molar-refractivity contribution in [1.82, 2.24) is 9.38 Å². The number of anilines is 1. The summed E-state index contributed by atoms with van der Waals surface area (Å²) in [5, 5.41) is 2.49. The van der Waals surface area contributed by atoms with Crippen LogP contribution in [0.15, 0.2) is 59.8 Å². The van der Waals surface area contributed by atoms with E-state index in [0.717, 1.165) is 12.1 Å². The van der Waals surface area contributed by atoms with Crippen LogP contribution in [-0.2, 0) is 11.2 Å². The number of imidazole rings is 1. The Morgan fingerprint density at radius 3 is 2.46 bits per heavy atom. The molecule has 0 aliphatic rings. The molecule has 1 aromatic carbocycles. The SMILES string of the molecule is O=C(Cc1cccc2nccn12)Nc1ccc([SH](F)(F)(F)F)cc1. The van der Waals surface area contributed by atoms with Crippen molar-refractivity contribution in [1.29, 1.82) is 0 Å². The molecule has 0 aliphatic carbocycles. The summed E-state index contributed by atoms with van der Waals surface area (Å²) in [7, 11) is -7.77. The minimum Gasteiger partial charge on any atom is -0.326 e. The van der Waals surface area contributed by atoms with E-state index >= 15 is 0 Å². The normalized spacial score (nSPS) is 13.4. The van der Waals surface area contributed by atoms with E-state index in [1.54, 1.807) is 35.0 Å². The lowest BCUT2D eigenvalue weighted by molar-refractivity contribution is -0.115. The fraction of sp³-hybridized carbons (Fsp3) is 0.0667. The molecule has 128 valence electrons. The molecule has 2 heterocycles. The minimum absolute atomic E-state index is 0.0212. The Hall–Kier alpha value is -2.55. The Balaban J connectivity index is 1.72. The van der Waals surface area contributed by atoms with Crippen LogP contribution in [0.25, 0.3) is 5.65 Å². The number of amides is 1. The van der Waals surface area contributed by atoms with Crippen LogP contribution in [0.4, 0.5) is 21.2 Å². The number of carbonyl (C=O) groups excluding carboxylic acids is 1. The average Bonchev–Trinajstić information content (AvgIpc) is 2.95. The first kappa shape index (κ1) is 16.3. The molecule has 1 N–H and O–H groups in total. The fourth-order valence-electron chi connectivity index (χ4n) is 2.29. The highest BCUT2D eigenvalue weighted by molar-refractivity contribution is 8.33. The van der Waals surface area contributed by atoms with Gasteiger partial charge in [-0.2, -0.15) is 0 Å². The maximum Gasteiger partial charge on any atom is 0.230 e. The lowest BCUT2D eigenvalue weighted by Gasteiger charge is -2.29. The summed E-state index contributed by atoms with van der Waals surface area (Å²) in [6.45, 7) is 0. The molecule has 3 aromatic rings. The summed E-state index contributed by atoms with van der Waals surface area (Å²) in [6, 6.07) is 8.62. The van der Waals surface area contributed by atoms with Gasteiger partial charge < -0.3 is 9.72 Å².